The predicted molar refractivity (Wildman–Crippen MR) is 78.1 cm³/mol. The Labute approximate surface area is 119 Å². The molecule has 0 radical (unpaired) electrons. The van der Waals surface area contributed by atoms with Crippen LogP contribution in [0.5, 0.6) is 0 Å². The molecule has 0 aliphatic heterocycles. The van der Waals surface area contributed by atoms with Crippen molar-refractivity contribution >= 4 is 0 Å². The van der Waals surface area contributed by atoms with Gasteiger partial charge in [-0.2, -0.15) is 0 Å². The smallest absolute Gasteiger partial charge is 0.123 e. The van der Waals surface area contributed by atoms with Gasteiger partial charge in [0.1, 0.15) is 5.82 Å². The number of rotatable bonds is 5. The molecule has 20 heavy (non-hydrogen) atoms. The molecule has 1 aliphatic carbocycles. The van der Waals surface area contributed by atoms with E-state index in [4.69, 9.17) is 0 Å². The topological polar surface area (TPSA) is 24.9 Å². The normalized spacial score (nSPS) is 21.4. The average Bonchev–Trinajstić information content (AvgIpc) is 2.44. The zero-order valence-corrected chi connectivity index (χ0v) is 11.4. The molecule has 1 aromatic carbocycles. The minimum Gasteiger partial charge on any atom is -0.314 e. The second kappa shape index (κ2) is 6.14. The Hall–Kier alpha value is -1.74. The first-order valence-electron chi connectivity index (χ1n) is 7.19. The summed E-state index contributed by atoms with van der Waals surface area (Å²) in [7, 11) is 0. The van der Waals surface area contributed by atoms with Gasteiger partial charge in [-0.05, 0) is 67.1 Å². The van der Waals surface area contributed by atoms with Crippen LogP contribution < -0.4 is 5.32 Å². The highest BCUT2D eigenvalue weighted by molar-refractivity contribution is 5.23. The van der Waals surface area contributed by atoms with E-state index in [9.17, 15) is 4.39 Å². The fourth-order valence-corrected chi connectivity index (χ4v) is 2.76. The van der Waals surface area contributed by atoms with Crippen LogP contribution in [0.15, 0.2) is 48.8 Å². The van der Waals surface area contributed by atoms with Crippen LogP contribution in [0.4, 0.5) is 4.39 Å². The SMILES string of the molecule is Fc1ccc(C2CC(NCCc3ccncc3)C2)cc1. The molecule has 0 bridgehead atoms. The molecule has 1 heterocycles. The van der Waals surface area contributed by atoms with Gasteiger partial charge >= 0.3 is 0 Å². The van der Waals surface area contributed by atoms with Gasteiger partial charge < -0.3 is 5.32 Å². The molecule has 3 heteroatoms. The number of nitrogens with zero attached hydrogens (tertiary/aromatic N) is 1. The van der Waals surface area contributed by atoms with E-state index in [2.05, 4.69) is 22.4 Å². The molecule has 0 unspecified atom stereocenters. The zero-order chi connectivity index (χ0) is 13.8. The molecule has 0 amide bonds. The van der Waals surface area contributed by atoms with Crippen LogP contribution in [-0.4, -0.2) is 17.6 Å². The molecule has 0 atom stereocenters. The standard InChI is InChI=1S/C17H19FN2/c18-16-3-1-14(2-4-16)15-11-17(12-15)20-10-7-13-5-8-19-9-6-13/h1-6,8-9,15,17,20H,7,10-12H2. The minimum absolute atomic E-state index is 0.153. The molecule has 2 nitrogen and oxygen atoms in total. The third kappa shape index (κ3) is 3.23. The molecule has 1 N–H and O–H groups in total. The third-order valence-corrected chi connectivity index (χ3v) is 4.08. The van der Waals surface area contributed by atoms with Crippen molar-refractivity contribution < 1.29 is 4.39 Å². The maximum atomic E-state index is 12.9. The van der Waals surface area contributed by atoms with Gasteiger partial charge in [0.15, 0.2) is 0 Å². The van der Waals surface area contributed by atoms with Crippen LogP contribution in [0.2, 0.25) is 0 Å². The van der Waals surface area contributed by atoms with Crippen molar-refractivity contribution in [1.82, 2.24) is 10.3 Å². The summed E-state index contributed by atoms with van der Waals surface area (Å²) in [5, 5.41) is 3.58. The van der Waals surface area contributed by atoms with E-state index in [1.807, 2.05) is 24.5 Å². The molecule has 2 aromatic rings. The molecule has 3 rings (SSSR count). The number of aromatic nitrogens is 1. The lowest BCUT2D eigenvalue weighted by molar-refractivity contribution is 0.292. The first kappa shape index (κ1) is 13.3. The monoisotopic (exact) mass is 270 g/mol. The van der Waals surface area contributed by atoms with Crippen LogP contribution in [0, 0.1) is 5.82 Å². The molecular formula is C17H19FN2. The van der Waals surface area contributed by atoms with E-state index < -0.39 is 0 Å². The number of pyridine rings is 1. The van der Waals surface area contributed by atoms with Crippen molar-refractivity contribution in [2.45, 2.75) is 31.2 Å². The Bertz CT molecular complexity index is 533. The fourth-order valence-electron chi connectivity index (χ4n) is 2.76. The quantitative estimate of drug-likeness (QED) is 0.901. The van der Waals surface area contributed by atoms with Crippen LogP contribution >= 0.6 is 0 Å². The van der Waals surface area contributed by atoms with Crippen molar-refractivity contribution in [2.75, 3.05) is 6.54 Å². The largest absolute Gasteiger partial charge is 0.314 e. The Morgan fingerprint density at radius 1 is 1.05 bits per heavy atom. The summed E-state index contributed by atoms with van der Waals surface area (Å²) in [6.07, 6.45) is 7.02. The highest BCUT2D eigenvalue weighted by atomic mass is 19.1. The first-order valence-corrected chi connectivity index (χ1v) is 7.19. The van der Waals surface area contributed by atoms with Crippen LogP contribution in [0.25, 0.3) is 0 Å². The minimum atomic E-state index is -0.153. The summed E-state index contributed by atoms with van der Waals surface area (Å²) in [6.45, 7) is 1.00. The summed E-state index contributed by atoms with van der Waals surface area (Å²) >= 11 is 0. The van der Waals surface area contributed by atoms with Gasteiger partial charge in [0.25, 0.3) is 0 Å². The average molecular weight is 270 g/mol. The predicted octanol–water partition coefficient (Wildman–Crippen LogP) is 3.30. The maximum absolute atomic E-state index is 12.9. The van der Waals surface area contributed by atoms with Gasteiger partial charge in [-0.25, -0.2) is 4.39 Å². The number of benzene rings is 1. The summed E-state index contributed by atoms with van der Waals surface area (Å²) in [5.74, 6) is 0.439. The van der Waals surface area contributed by atoms with Gasteiger partial charge in [-0.3, -0.25) is 4.98 Å². The van der Waals surface area contributed by atoms with Gasteiger partial charge in [0.05, 0.1) is 0 Å². The van der Waals surface area contributed by atoms with E-state index in [1.54, 1.807) is 12.1 Å². The van der Waals surface area contributed by atoms with Crippen molar-refractivity contribution in [3.8, 4) is 0 Å². The van der Waals surface area contributed by atoms with Gasteiger partial charge in [0.2, 0.25) is 0 Å². The van der Waals surface area contributed by atoms with E-state index in [1.165, 1.54) is 11.1 Å². The molecule has 1 saturated carbocycles. The summed E-state index contributed by atoms with van der Waals surface area (Å²) < 4.78 is 12.9. The van der Waals surface area contributed by atoms with E-state index >= 15 is 0 Å². The second-order valence-electron chi connectivity index (χ2n) is 5.48. The maximum Gasteiger partial charge on any atom is 0.123 e. The van der Waals surface area contributed by atoms with Gasteiger partial charge in [0, 0.05) is 18.4 Å². The second-order valence-corrected chi connectivity index (χ2v) is 5.48. The highest BCUT2D eigenvalue weighted by Gasteiger charge is 2.29. The van der Waals surface area contributed by atoms with E-state index in [0.717, 1.165) is 25.8 Å². The van der Waals surface area contributed by atoms with Crippen molar-refractivity contribution in [2.24, 2.45) is 0 Å². The molecule has 1 fully saturated rings. The lowest BCUT2D eigenvalue weighted by atomic mass is 9.76. The lowest BCUT2D eigenvalue weighted by Gasteiger charge is -2.36. The van der Waals surface area contributed by atoms with Crippen LogP contribution in [-0.2, 0) is 6.42 Å². The molecule has 0 saturated heterocycles. The molecule has 1 aromatic heterocycles. The third-order valence-electron chi connectivity index (χ3n) is 4.08. The Morgan fingerprint density at radius 3 is 2.45 bits per heavy atom. The van der Waals surface area contributed by atoms with Crippen molar-refractivity contribution in [3.63, 3.8) is 0 Å². The number of hydrogen-bond acceptors (Lipinski definition) is 2. The Morgan fingerprint density at radius 2 is 1.75 bits per heavy atom. The van der Waals surface area contributed by atoms with E-state index in [0.29, 0.717) is 12.0 Å². The molecule has 104 valence electrons. The highest BCUT2D eigenvalue weighted by Crippen LogP contribution is 2.36. The molecular weight excluding hydrogens is 251 g/mol. The summed E-state index contributed by atoms with van der Waals surface area (Å²) in [6, 6.07) is 11.7. The summed E-state index contributed by atoms with van der Waals surface area (Å²) in [5.41, 5.74) is 2.58. The molecule has 0 spiro atoms. The Balaban J connectivity index is 1.39. The summed E-state index contributed by atoms with van der Waals surface area (Å²) in [4.78, 5) is 4.02. The van der Waals surface area contributed by atoms with Crippen molar-refractivity contribution in [3.05, 3.63) is 65.7 Å². The number of nitrogens with one attached hydrogen (secondary N) is 1. The van der Waals surface area contributed by atoms with Crippen molar-refractivity contribution in [1.29, 1.82) is 0 Å². The first-order chi connectivity index (χ1) is 9.81. The number of hydrogen-bond donors (Lipinski definition) is 1. The Kier molecular flexibility index (Phi) is 4.07. The van der Waals surface area contributed by atoms with Gasteiger partial charge in [-0.1, -0.05) is 12.1 Å². The van der Waals surface area contributed by atoms with Gasteiger partial charge in [-0.15, -0.1) is 0 Å². The van der Waals surface area contributed by atoms with E-state index in [-0.39, 0.29) is 5.82 Å². The van der Waals surface area contributed by atoms with Crippen LogP contribution in [0.1, 0.15) is 29.9 Å². The number of halogens is 1. The fraction of sp³-hybridized carbons (Fsp3) is 0.353. The lowest BCUT2D eigenvalue weighted by Crippen LogP contribution is -2.40. The molecule has 1 aliphatic rings. The zero-order valence-electron chi connectivity index (χ0n) is 11.4. The van der Waals surface area contributed by atoms with Crippen LogP contribution in [0.3, 0.4) is 0 Å².